The van der Waals surface area contributed by atoms with Gasteiger partial charge in [-0.1, -0.05) is 19.4 Å². The van der Waals surface area contributed by atoms with Gasteiger partial charge in [0.05, 0.1) is 0 Å². The Bertz CT molecular complexity index is 362. The van der Waals surface area contributed by atoms with E-state index in [1.54, 1.807) is 0 Å². The molecule has 3 heteroatoms. The summed E-state index contributed by atoms with van der Waals surface area (Å²) in [5.41, 5.74) is -0.0299. The molecule has 1 aliphatic carbocycles. The highest BCUT2D eigenvalue weighted by Gasteiger charge is 2.46. The second-order valence-electron chi connectivity index (χ2n) is 7.02. The zero-order chi connectivity index (χ0) is 15.3. The molecule has 0 aromatic heterocycles. The Labute approximate surface area is 129 Å². The summed E-state index contributed by atoms with van der Waals surface area (Å²) < 4.78 is 0. The molecule has 0 radical (unpaired) electrons. The van der Waals surface area contributed by atoms with Crippen LogP contribution in [0.1, 0.15) is 58.3 Å². The zero-order valence-electron chi connectivity index (χ0n) is 13.5. The Morgan fingerprint density at radius 2 is 2.14 bits per heavy atom. The van der Waals surface area contributed by atoms with Gasteiger partial charge < -0.3 is 10.0 Å². The number of nitrogens with zero attached hydrogens (tertiary/aromatic N) is 1. The van der Waals surface area contributed by atoms with Crippen molar-refractivity contribution >= 4 is 5.91 Å². The predicted molar refractivity (Wildman–Crippen MR) is 85.9 cm³/mol. The molecule has 0 spiro atoms. The molecular weight excluding hydrogens is 262 g/mol. The lowest BCUT2D eigenvalue weighted by molar-refractivity contribution is -0.137. The molecule has 3 nitrogen and oxygen atoms in total. The summed E-state index contributed by atoms with van der Waals surface area (Å²) >= 11 is 0. The molecule has 1 saturated carbocycles. The van der Waals surface area contributed by atoms with Crippen molar-refractivity contribution in [2.45, 2.75) is 58.3 Å². The molecule has 1 amide bonds. The summed E-state index contributed by atoms with van der Waals surface area (Å²) in [6, 6.07) is 0. The highest BCUT2D eigenvalue weighted by atomic mass is 16.3. The molecule has 1 N–H and O–H groups in total. The van der Waals surface area contributed by atoms with Gasteiger partial charge in [0.2, 0.25) is 5.91 Å². The van der Waals surface area contributed by atoms with E-state index in [9.17, 15) is 9.90 Å². The van der Waals surface area contributed by atoms with Crippen molar-refractivity contribution < 1.29 is 9.90 Å². The SMILES string of the molecule is C=CCCC[C@]1(CO)CCC[C@H]1[C@H](C)C(=O)N1CCCC1. The zero-order valence-corrected chi connectivity index (χ0v) is 13.5. The molecule has 0 aromatic rings. The first-order valence-corrected chi connectivity index (χ1v) is 8.65. The van der Waals surface area contributed by atoms with Crippen molar-refractivity contribution in [3.05, 3.63) is 12.7 Å². The summed E-state index contributed by atoms with van der Waals surface area (Å²) in [5, 5.41) is 10.0. The van der Waals surface area contributed by atoms with E-state index in [0.29, 0.717) is 11.8 Å². The van der Waals surface area contributed by atoms with Crippen molar-refractivity contribution in [2.75, 3.05) is 19.7 Å². The number of carbonyl (C=O) groups is 1. The molecule has 0 aromatic carbocycles. The van der Waals surface area contributed by atoms with Gasteiger partial charge in [0, 0.05) is 25.6 Å². The number of likely N-dealkylation sites (tertiary alicyclic amines) is 1. The average molecular weight is 293 g/mol. The van der Waals surface area contributed by atoms with Crippen molar-refractivity contribution in [1.82, 2.24) is 4.90 Å². The average Bonchev–Trinajstić information content (AvgIpc) is 3.16. The Kier molecular flexibility index (Phi) is 5.86. The molecule has 2 fully saturated rings. The van der Waals surface area contributed by atoms with Crippen LogP contribution in [0.3, 0.4) is 0 Å². The highest BCUT2D eigenvalue weighted by molar-refractivity contribution is 5.79. The summed E-state index contributed by atoms with van der Waals surface area (Å²) in [5.74, 6) is 0.725. The second kappa shape index (κ2) is 7.44. The molecule has 3 atom stereocenters. The summed E-state index contributed by atoms with van der Waals surface area (Å²) in [7, 11) is 0. The number of aliphatic hydroxyl groups is 1. The topological polar surface area (TPSA) is 40.5 Å². The van der Waals surface area contributed by atoms with Gasteiger partial charge in [0.1, 0.15) is 0 Å². The molecule has 21 heavy (non-hydrogen) atoms. The largest absolute Gasteiger partial charge is 0.396 e. The predicted octanol–water partition coefficient (Wildman–Crippen LogP) is 3.38. The fraction of sp³-hybridized carbons (Fsp3) is 0.833. The van der Waals surface area contributed by atoms with E-state index in [0.717, 1.165) is 64.5 Å². The van der Waals surface area contributed by atoms with Gasteiger partial charge in [-0.25, -0.2) is 0 Å². The van der Waals surface area contributed by atoms with Crippen LogP contribution < -0.4 is 0 Å². The quantitative estimate of drug-likeness (QED) is 0.577. The molecule has 120 valence electrons. The lowest BCUT2D eigenvalue weighted by Gasteiger charge is -2.38. The van der Waals surface area contributed by atoms with Crippen LogP contribution >= 0.6 is 0 Å². The van der Waals surface area contributed by atoms with Crippen molar-refractivity contribution in [2.24, 2.45) is 17.3 Å². The molecular formula is C18H31NO2. The standard InChI is InChI=1S/C18H31NO2/c1-3-4-5-10-18(14-20)11-8-9-16(18)15(2)17(21)19-12-6-7-13-19/h3,15-16,20H,1,4-14H2,2H3/t15-,16-,18+/m0/s1. The maximum atomic E-state index is 12.7. The minimum Gasteiger partial charge on any atom is -0.396 e. The third-order valence-corrected chi connectivity index (χ3v) is 5.78. The number of hydrogen-bond donors (Lipinski definition) is 1. The van der Waals surface area contributed by atoms with Gasteiger partial charge in [0.25, 0.3) is 0 Å². The first-order chi connectivity index (χ1) is 10.1. The monoisotopic (exact) mass is 293 g/mol. The Hall–Kier alpha value is -0.830. The second-order valence-corrected chi connectivity index (χ2v) is 7.02. The van der Waals surface area contributed by atoms with E-state index in [1.807, 2.05) is 11.0 Å². The van der Waals surface area contributed by atoms with Crippen molar-refractivity contribution in [1.29, 1.82) is 0 Å². The molecule has 1 aliphatic heterocycles. The molecule has 0 bridgehead atoms. The maximum Gasteiger partial charge on any atom is 0.225 e. The van der Waals surface area contributed by atoms with Gasteiger partial charge in [-0.2, -0.15) is 0 Å². The van der Waals surface area contributed by atoms with Crippen molar-refractivity contribution in [3.63, 3.8) is 0 Å². The first kappa shape index (κ1) is 16.5. The summed E-state index contributed by atoms with van der Waals surface area (Å²) in [6.45, 7) is 7.96. The minimum atomic E-state index is -0.0299. The van der Waals surface area contributed by atoms with Gasteiger partial charge in [-0.3, -0.25) is 4.79 Å². The number of hydrogen-bond acceptors (Lipinski definition) is 2. The molecule has 0 unspecified atom stereocenters. The number of rotatable bonds is 7. The van der Waals surface area contributed by atoms with Crippen LogP contribution in [-0.2, 0) is 4.79 Å². The molecule has 1 saturated heterocycles. The van der Waals surface area contributed by atoms with E-state index >= 15 is 0 Å². The number of amides is 1. The third-order valence-electron chi connectivity index (χ3n) is 5.78. The van der Waals surface area contributed by atoms with Crippen LogP contribution in [0, 0.1) is 17.3 Å². The van der Waals surface area contributed by atoms with Crippen LogP contribution in [-0.4, -0.2) is 35.6 Å². The lowest BCUT2D eigenvalue weighted by atomic mass is 9.69. The fourth-order valence-electron chi connectivity index (χ4n) is 4.53. The first-order valence-electron chi connectivity index (χ1n) is 8.65. The van der Waals surface area contributed by atoms with Crippen LogP contribution in [0.4, 0.5) is 0 Å². The van der Waals surface area contributed by atoms with E-state index < -0.39 is 0 Å². The van der Waals surface area contributed by atoms with E-state index in [-0.39, 0.29) is 17.9 Å². The van der Waals surface area contributed by atoms with E-state index in [4.69, 9.17) is 0 Å². The van der Waals surface area contributed by atoms with E-state index in [2.05, 4.69) is 13.5 Å². The molecule has 1 heterocycles. The van der Waals surface area contributed by atoms with E-state index in [1.165, 1.54) is 0 Å². The van der Waals surface area contributed by atoms with Crippen LogP contribution in [0.25, 0.3) is 0 Å². The number of allylic oxidation sites excluding steroid dienone is 1. The third kappa shape index (κ3) is 3.50. The van der Waals surface area contributed by atoms with Gasteiger partial charge >= 0.3 is 0 Å². The minimum absolute atomic E-state index is 0.0299. The Balaban J connectivity index is 2.04. The smallest absolute Gasteiger partial charge is 0.225 e. The van der Waals surface area contributed by atoms with Crippen LogP contribution in [0.15, 0.2) is 12.7 Å². The Morgan fingerprint density at radius 1 is 1.43 bits per heavy atom. The summed E-state index contributed by atoms with van der Waals surface area (Å²) in [4.78, 5) is 14.7. The summed E-state index contributed by atoms with van der Waals surface area (Å²) in [6.07, 6.45) is 10.7. The fourth-order valence-corrected chi connectivity index (χ4v) is 4.53. The number of carbonyl (C=O) groups excluding carboxylic acids is 1. The number of aliphatic hydroxyl groups excluding tert-OH is 1. The highest BCUT2D eigenvalue weighted by Crippen LogP contribution is 2.50. The van der Waals surface area contributed by atoms with Crippen molar-refractivity contribution in [3.8, 4) is 0 Å². The maximum absolute atomic E-state index is 12.7. The van der Waals surface area contributed by atoms with Gasteiger partial charge in [-0.05, 0) is 56.3 Å². The molecule has 2 aliphatic rings. The van der Waals surface area contributed by atoms with Gasteiger partial charge in [0.15, 0.2) is 0 Å². The molecule has 2 rings (SSSR count). The lowest BCUT2D eigenvalue weighted by Crippen LogP contribution is -2.42. The number of unbranched alkanes of at least 4 members (excludes halogenated alkanes) is 1. The van der Waals surface area contributed by atoms with Crippen LogP contribution in [0.5, 0.6) is 0 Å². The Morgan fingerprint density at radius 3 is 2.76 bits per heavy atom. The van der Waals surface area contributed by atoms with Crippen LogP contribution in [0.2, 0.25) is 0 Å². The normalized spacial score (nSPS) is 30.6. The van der Waals surface area contributed by atoms with Gasteiger partial charge in [-0.15, -0.1) is 6.58 Å².